The Balaban J connectivity index is 2.11. The number of nitrogens with zero attached hydrogens (tertiary/aromatic N) is 2. The minimum absolute atomic E-state index is 0.0338. The number of aromatic nitrogens is 1. The van der Waals surface area contributed by atoms with Crippen LogP contribution in [-0.2, 0) is 32.2 Å². The van der Waals surface area contributed by atoms with Crippen molar-refractivity contribution >= 4 is 18.2 Å². The maximum absolute atomic E-state index is 12.8. The second kappa shape index (κ2) is 11.7. The molecular weight excluding hydrogens is 414 g/mol. The number of rotatable bonds is 8. The molecule has 0 aliphatic heterocycles. The number of nitrogens with one attached hydrogen (secondary N) is 1. The maximum atomic E-state index is 12.8. The number of alkyl carbamates (subject to hydrolysis) is 1. The van der Waals surface area contributed by atoms with Gasteiger partial charge in [0.2, 0.25) is 0 Å². The molecule has 2 aromatic rings. The van der Waals surface area contributed by atoms with Crippen molar-refractivity contribution in [2.75, 3.05) is 13.7 Å². The van der Waals surface area contributed by atoms with Gasteiger partial charge < -0.3 is 24.4 Å². The van der Waals surface area contributed by atoms with Crippen LogP contribution in [0.2, 0.25) is 0 Å². The summed E-state index contributed by atoms with van der Waals surface area (Å²) in [6, 6.07) is 11.5. The molecule has 1 atom stereocenters. The van der Waals surface area contributed by atoms with Gasteiger partial charge in [-0.3, -0.25) is 4.98 Å². The van der Waals surface area contributed by atoms with E-state index in [2.05, 4.69) is 10.3 Å². The average Bonchev–Trinajstić information content (AvgIpc) is 2.76. The van der Waals surface area contributed by atoms with Gasteiger partial charge in [-0.25, -0.2) is 14.4 Å². The molecule has 0 fully saturated rings. The van der Waals surface area contributed by atoms with Gasteiger partial charge in [-0.1, -0.05) is 36.4 Å². The van der Waals surface area contributed by atoms with E-state index in [0.717, 1.165) is 11.1 Å². The summed E-state index contributed by atoms with van der Waals surface area (Å²) >= 11 is 0. The highest BCUT2D eigenvalue weighted by Crippen LogP contribution is 2.13. The van der Waals surface area contributed by atoms with Crippen molar-refractivity contribution in [3.05, 3.63) is 66.0 Å². The molecule has 0 unspecified atom stereocenters. The molecule has 172 valence electrons. The zero-order valence-electron chi connectivity index (χ0n) is 18.7. The lowest BCUT2D eigenvalue weighted by molar-refractivity contribution is -0.143. The normalized spacial score (nSPS) is 11.8. The quantitative estimate of drug-likeness (QED) is 0.493. The van der Waals surface area contributed by atoms with Gasteiger partial charge >= 0.3 is 18.2 Å². The van der Waals surface area contributed by atoms with Gasteiger partial charge in [0.1, 0.15) is 18.2 Å². The van der Waals surface area contributed by atoms with Crippen LogP contribution in [0.3, 0.4) is 0 Å². The van der Waals surface area contributed by atoms with E-state index in [1.54, 1.807) is 45.3 Å². The predicted molar refractivity (Wildman–Crippen MR) is 116 cm³/mol. The Morgan fingerprint density at radius 3 is 2.34 bits per heavy atom. The summed E-state index contributed by atoms with van der Waals surface area (Å²) in [6.07, 6.45) is 1.76. The molecule has 0 aliphatic carbocycles. The number of esters is 1. The third kappa shape index (κ3) is 8.63. The monoisotopic (exact) mass is 443 g/mol. The first-order chi connectivity index (χ1) is 15.2. The summed E-state index contributed by atoms with van der Waals surface area (Å²) in [4.78, 5) is 42.8. The lowest BCUT2D eigenvalue weighted by Crippen LogP contribution is -2.51. The molecular formula is C23H29N3O6. The van der Waals surface area contributed by atoms with E-state index >= 15 is 0 Å². The molecule has 1 N–H and O–H groups in total. The largest absolute Gasteiger partial charge is 0.467 e. The number of benzene rings is 1. The van der Waals surface area contributed by atoms with Gasteiger partial charge in [-0.2, -0.15) is 0 Å². The number of pyridine rings is 1. The topological polar surface area (TPSA) is 107 Å². The first-order valence-corrected chi connectivity index (χ1v) is 10.1. The molecule has 0 spiro atoms. The van der Waals surface area contributed by atoms with E-state index in [1.165, 1.54) is 12.0 Å². The summed E-state index contributed by atoms with van der Waals surface area (Å²) in [7, 11) is 1.20. The number of hydrogen-bond acceptors (Lipinski definition) is 7. The molecule has 9 heteroatoms. The summed E-state index contributed by atoms with van der Waals surface area (Å²) in [6.45, 7) is 5.19. The van der Waals surface area contributed by atoms with Crippen LogP contribution in [0.1, 0.15) is 31.9 Å². The van der Waals surface area contributed by atoms with Crippen molar-refractivity contribution in [1.82, 2.24) is 15.2 Å². The first-order valence-electron chi connectivity index (χ1n) is 10.1. The molecule has 2 rings (SSSR count). The van der Waals surface area contributed by atoms with Crippen LogP contribution in [-0.4, -0.2) is 53.3 Å². The maximum Gasteiger partial charge on any atom is 0.410 e. The highest BCUT2D eigenvalue weighted by atomic mass is 16.6. The van der Waals surface area contributed by atoms with Crippen LogP contribution < -0.4 is 5.32 Å². The molecule has 2 amide bonds. The fourth-order valence-corrected chi connectivity index (χ4v) is 2.69. The van der Waals surface area contributed by atoms with Crippen LogP contribution in [0.4, 0.5) is 9.59 Å². The Bertz CT molecular complexity index is 884. The number of methoxy groups -OCH3 is 1. The van der Waals surface area contributed by atoms with Crippen LogP contribution in [0.5, 0.6) is 0 Å². The zero-order valence-corrected chi connectivity index (χ0v) is 18.7. The molecule has 0 saturated heterocycles. The van der Waals surface area contributed by atoms with E-state index in [9.17, 15) is 14.4 Å². The molecule has 0 aliphatic rings. The Morgan fingerprint density at radius 1 is 1.06 bits per heavy atom. The number of hydrogen-bond donors (Lipinski definition) is 1. The molecule has 1 aromatic carbocycles. The molecule has 0 saturated carbocycles. The van der Waals surface area contributed by atoms with Crippen molar-refractivity contribution in [2.24, 2.45) is 0 Å². The lowest BCUT2D eigenvalue weighted by Gasteiger charge is -2.29. The van der Waals surface area contributed by atoms with Crippen LogP contribution in [0.25, 0.3) is 0 Å². The summed E-state index contributed by atoms with van der Waals surface area (Å²) in [5.74, 6) is -0.721. The zero-order chi connectivity index (χ0) is 23.6. The highest BCUT2D eigenvalue weighted by molar-refractivity contribution is 5.82. The molecule has 0 bridgehead atoms. The Labute approximate surface area is 187 Å². The van der Waals surface area contributed by atoms with Crippen molar-refractivity contribution in [1.29, 1.82) is 0 Å². The molecule has 1 heterocycles. The fraction of sp³-hybridized carbons (Fsp3) is 0.391. The third-order valence-corrected chi connectivity index (χ3v) is 4.14. The Kier molecular flexibility index (Phi) is 9.00. The van der Waals surface area contributed by atoms with Crippen molar-refractivity contribution in [2.45, 2.75) is 45.6 Å². The number of ether oxygens (including phenoxy) is 3. The van der Waals surface area contributed by atoms with Gasteiger partial charge in [0.25, 0.3) is 0 Å². The van der Waals surface area contributed by atoms with Crippen LogP contribution >= 0.6 is 0 Å². The number of amides is 2. The van der Waals surface area contributed by atoms with Crippen molar-refractivity contribution in [3.63, 3.8) is 0 Å². The van der Waals surface area contributed by atoms with Crippen LogP contribution in [0.15, 0.2) is 54.9 Å². The fourth-order valence-electron chi connectivity index (χ4n) is 2.69. The van der Waals surface area contributed by atoms with Gasteiger partial charge in [0, 0.05) is 12.4 Å². The minimum Gasteiger partial charge on any atom is -0.467 e. The number of carbonyl (C=O) groups excluding carboxylic acids is 3. The van der Waals surface area contributed by atoms with E-state index in [0.29, 0.717) is 0 Å². The van der Waals surface area contributed by atoms with Gasteiger partial charge in [-0.15, -0.1) is 0 Å². The minimum atomic E-state index is -1.16. The standard InChI is InChI=1S/C23H29N3O6/c1-23(2,3)32-22(29)26(14-18-11-8-12-24-13-18)15-19(20(27)30-4)25-21(28)31-16-17-9-6-5-7-10-17/h5-13,19H,14-16H2,1-4H3,(H,25,28)/t19-/m0/s1. The molecule has 1 aromatic heterocycles. The predicted octanol–water partition coefficient (Wildman–Crippen LogP) is 3.29. The smallest absolute Gasteiger partial charge is 0.410 e. The van der Waals surface area contributed by atoms with Gasteiger partial charge in [-0.05, 0) is 38.0 Å². The summed E-state index contributed by atoms with van der Waals surface area (Å²) in [5.41, 5.74) is 0.783. The van der Waals surface area contributed by atoms with Crippen molar-refractivity contribution < 1.29 is 28.6 Å². The first kappa shape index (κ1) is 24.6. The SMILES string of the molecule is COC(=O)[C@H](CN(Cc1cccnc1)C(=O)OC(C)(C)C)NC(=O)OCc1ccccc1. The lowest BCUT2D eigenvalue weighted by atomic mass is 10.2. The van der Waals surface area contributed by atoms with E-state index in [4.69, 9.17) is 14.2 Å². The van der Waals surface area contributed by atoms with Gasteiger partial charge in [0.05, 0.1) is 20.2 Å². The average molecular weight is 444 g/mol. The molecule has 32 heavy (non-hydrogen) atoms. The van der Waals surface area contributed by atoms with Gasteiger partial charge in [0.15, 0.2) is 0 Å². The van der Waals surface area contributed by atoms with Crippen LogP contribution in [0, 0.1) is 0 Å². The summed E-state index contributed by atoms with van der Waals surface area (Å²) < 4.78 is 15.5. The second-order valence-corrected chi connectivity index (χ2v) is 8.00. The Morgan fingerprint density at radius 2 is 1.75 bits per heavy atom. The summed E-state index contributed by atoms with van der Waals surface area (Å²) in [5, 5.41) is 2.47. The van der Waals surface area contributed by atoms with E-state index in [-0.39, 0.29) is 19.7 Å². The highest BCUT2D eigenvalue weighted by Gasteiger charge is 2.30. The van der Waals surface area contributed by atoms with E-state index in [1.807, 2.05) is 30.3 Å². The number of carbonyl (C=O) groups is 3. The Hall–Kier alpha value is -3.62. The van der Waals surface area contributed by atoms with E-state index < -0.39 is 29.8 Å². The third-order valence-electron chi connectivity index (χ3n) is 4.14. The second-order valence-electron chi connectivity index (χ2n) is 8.00. The van der Waals surface area contributed by atoms with Crippen molar-refractivity contribution in [3.8, 4) is 0 Å². The molecule has 9 nitrogen and oxygen atoms in total. The molecule has 0 radical (unpaired) electrons.